The number of nitrogens with one attached hydrogen (secondary N) is 2. The first-order chi connectivity index (χ1) is 11.5. The fourth-order valence-electron chi connectivity index (χ4n) is 3.16. The highest BCUT2D eigenvalue weighted by Crippen LogP contribution is 2.16. The fourth-order valence-corrected chi connectivity index (χ4v) is 3.35. The van der Waals surface area contributed by atoms with Gasteiger partial charge in [-0.3, -0.25) is 14.4 Å². The molecule has 7 heteroatoms. The second kappa shape index (κ2) is 7.21. The third-order valence-electron chi connectivity index (χ3n) is 4.52. The number of carbonyl (C=O) groups excluding carboxylic acids is 3. The Bertz CT molecular complexity index is 656. The Morgan fingerprint density at radius 2 is 1.96 bits per heavy atom. The second-order valence-electron chi connectivity index (χ2n) is 6.24. The molecule has 2 aliphatic rings. The predicted molar refractivity (Wildman–Crippen MR) is 89.7 cm³/mol. The maximum atomic E-state index is 12.3. The van der Waals surface area contributed by atoms with E-state index in [9.17, 15) is 14.4 Å². The number of halogens is 1. The quantitative estimate of drug-likeness (QED) is 0.864. The first-order valence-electron chi connectivity index (χ1n) is 8.17. The minimum Gasteiger partial charge on any atom is -0.349 e. The lowest BCUT2D eigenvalue weighted by Gasteiger charge is -2.33. The van der Waals surface area contributed by atoms with E-state index in [1.165, 1.54) is 0 Å². The summed E-state index contributed by atoms with van der Waals surface area (Å²) in [4.78, 5) is 37.6. The van der Waals surface area contributed by atoms with Crippen molar-refractivity contribution in [1.29, 1.82) is 0 Å². The van der Waals surface area contributed by atoms with Gasteiger partial charge >= 0.3 is 0 Å². The lowest BCUT2D eigenvalue weighted by Crippen LogP contribution is -2.51. The van der Waals surface area contributed by atoms with Gasteiger partial charge in [0.1, 0.15) is 6.04 Å². The number of amides is 3. The summed E-state index contributed by atoms with van der Waals surface area (Å²) in [6.07, 6.45) is 2.41. The normalized spacial score (nSPS) is 21.5. The third-order valence-corrected chi connectivity index (χ3v) is 4.76. The van der Waals surface area contributed by atoms with Crippen LogP contribution in [0.4, 0.5) is 0 Å². The van der Waals surface area contributed by atoms with E-state index >= 15 is 0 Å². The van der Waals surface area contributed by atoms with Crippen molar-refractivity contribution in [2.75, 3.05) is 13.1 Å². The number of rotatable bonds is 3. The molecular formula is C17H20ClN3O3. The van der Waals surface area contributed by atoms with Gasteiger partial charge in [-0.05, 0) is 37.5 Å². The van der Waals surface area contributed by atoms with Gasteiger partial charge in [-0.25, -0.2) is 0 Å². The number of carbonyl (C=O) groups is 3. The maximum Gasteiger partial charge on any atom is 0.251 e. The number of likely N-dealkylation sites (tertiary alicyclic amines) is 1. The minimum atomic E-state index is -0.380. The van der Waals surface area contributed by atoms with E-state index in [4.69, 9.17) is 11.6 Å². The Hall–Kier alpha value is -2.08. The van der Waals surface area contributed by atoms with Crippen molar-refractivity contribution in [3.63, 3.8) is 0 Å². The molecule has 24 heavy (non-hydrogen) atoms. The molecule has 3 amide bonds. The summed E-state index contributed by atoms with van der Waals surface area (Å²) in [7, 11) is 0. The van der Waals surface area contributed by atoms with Gasteiger partial charge in [-0.2, -0.15) is 0 Å². The Morgan fingerprint density at radius 1 is 1.21 bits per heavy atom. The summed E-state index contributed by atoms with van der Waals surface area (Å²) < 4.78 is 0. The van der Waals surface area contributed by atoms with Crippen LogP contribution in [0.3, 0.4) is 0 Å². The average molecular weight is 350 g/mol. The van der Waals surface area contributed by atoms with Crippen molar-refractivity contribution in [2.45, 2.75) is 37.8 Å². The van der Waals surface area contributed by atoms with Crippen LogP contribution in [0.2, 0.25) is 5.02 Å². The molecule has 128 valence electrons. The van der Waals surface area contributed by atoms with Crippen molar-refractivity contribution in [2.24, 2.45) is 0 Å². The van der Waals surface area contributed by atoms with Crippen molar-refractivity contribution < 1.29 is 14.4 Å². The zero-order valence-electron chi connectivity index (χ0n) is 13.3. The molecule has 2 saturated heterocycles. The van der Waals surface area contributed by atoms with Crippen molar-refractivity contribution >= 4 is 29.3 Å². The van der Waals surface area contributed by atoms with E-state index in [2.05, 4.69) is 10.6 Å². The molecule has 0 aliphatic carbocycles. The summed E-state index contributed by atoms with van der Waals surface area (Å²) in [5.41, 5.74) is 0.537. The second-order valence-corrected chi connectivity index (χ2v) is 6.68. The summed E-state index contributed by atoms with van der Waals surface area (Å²) in [6.45, 7) is 1.18. The van der Waals surface area contributed by atoms with Crippen LogP contribution in [0, 0.1) is 0 Å². The monoisotopic (exact) mass is 349 g/mol. The Kier molecular flexibility index (Phi) is 5.04. The van der Waals surface area contributed by atoms with Crippen LogP contribution in [-0.4, -0.2) is 47.8 Å². The molecule has 1 atom stereocenters. The molecule has 1 unspecified atom stereocenters. The summed E-state index contributed by atoms with van der Waals surface area (Å²) in [5.74, 6) is -0.220. The third kappa shape index (κ3) is 3.87. The van der Waals surface area contributed by atoms with Gasteiger partial charge in [-0.15, -0.1) is 0 Å². The Balaban J connectivity index is 1.49. The SMILES string of the molecule is O=C1CCC(C(=O)N2CCC(NC(=O)c3cccc(Cl)c3)CC2)N1. The molecular weight excluding hydrogens is 330 g/mol. The molecule has 0 bridgehead atoms. The summed E-state index contributed by atoms with van der Waals surface area (Å²) in [5, 5.41) is 6.23. The molecule has 6 nitrogen and oxygen atoms in total. The molecule has 2 heterocycles. The molecule has 1 aromatic rings. The smallest absolute Gasteiger partial charge is 0.251 e. The van der Waals surface area contributed by atoms with E-state index in [-0.39, 0.29) is 29.8 Å². The van der Waals surface area contributed by atoms with Crippen LogP contribution in [0.1, 0.15) is 36.0 Å². The summed E-state index contributed by atoms with van der Waals surface area (Å²) in [6, 6.07) is 6.49. The van der Waals surface area contributed by atoms with Crippen LogP contribution in [-0.2, 0) is 9.59 Å². The predicted octanol–water partition coefficient (Wildman–Crippen LogP) is 1.34. The number of benzene rings is 1. The molecule has 3 rings (SSSR count). The summed E-state index contributed by atoms with van der Waals surface area (Å²) >= 11 is 5.90. The van der Waals surface area contributed by atoms with E-state index < -0.39 is 0 Å². The highest BCUT2D eigenvalue weighted by Gasteiger charge is 2.32. The molecule has 2 fully saturated rings. The van der Waals surface area contributed by atoms with Crippen LogP contribution >= 0.6 is 11.6 Å². The van der Waals surface area contributed by atoms with Crippen molar-refractivity contribution in [3.05, 3.63) is 34.9 Å². The lowest BCUT2D eigenvalue weighted by atomic mass is 10.0. The van der Waals surface area contributed by atoms with Gasteiger partial charge in [0, 0.05) is 36.1 Å². The van der Waals surface area contributed by atoms with E-state index in [1.54, 1.807) is 29.2 Å². The zero-order valence-corrected chi connectivity index (χ0v) is 14.0. The highest BCUT2D eigenvalue weighted by molar-refractivity contribution is 6.30. The van der Waals surface area contributed by atoms with Crippen LogP contribution in [0.25, 0.3) is 0 Å². The number of piperidine rings is 1. The molecule has 0 saturated carbocycles. The van der Waals surface area contributed by atoms with Gasteiger partial charge in [0.15, 0.2) is 0 Å². The van der Waals surface area contributed by atoms with Crippen molar-refractivity contribution in [1.82, 2.24) is 15.5 Å². The van der Waals surface area contributed by atoms with Gasteiger partial charge in [0.25, 0.3) is 5.91 Å². The van der Waals surface area contributed by atoms with Crippen LogP contribution < -0.4 is 10.6 Å². The van der Waals surface area contributed by atoms with Gasteiger partial charge in [-0.1, -0.05) is 17.7 Å². The Morgan fingerprint density at radius 3 is 2.58 bits per heavy atom. The molecule has 2 N–H and O–H groups in total. The average Bonchev–Trinajstić information content (AvgIpc) is 3.01. The fraction of sp³-hybridized carbons (Fsp3) is 0.471. The zero-order chi connectivity index (χ0) is 17.1. The number of hydrogen-bond donors (Lipinski definition) is 2. The van der Waals surface area contributed by atoms with Crippen molar-refractivity contribution in [3.8, 4) is 0 Å². The molecule has 1 aromatic carbocycles. The molecule has 0 spiro atoms. The minimum absolute atomic E-state index is 0.0135. The van der Waals surface area contributed by atoms with Gasteiger partial charge < -0.3 is 15.5 Å². The van der Waals surface area contributed by atoms with E-state index in [1.807, 2.05) is 0 Å². The maximum absolute atomic E-state index is 12.3. The Labute approximate surface area is 145 Å². The standard InChI is InChI=1S/C17H20ClN3O3/c18-12-3-1-2-11(10-12)16(23)19-13-6-8-21(9-7-13)17(24)14-4-5-15(22)20-14/h1-3,10,13-14H,4-9H2,(H,19,23)(H,20,22). The van der Waals surface area contributed by atoms with Gasteiger partial charge in [0.2, 0.25) is 11.8 Å². The number of hydrogen-bond acceptors (Lipinski definition) is 3. The van der Waals surface area contributed by atoms with E-state index in [0.717, 1.165) is 0 Å². The molecule has 0 radical (unpaired) electrons. The highest BCUT2D eigenvalue weighted by atomic mass is 35.5. The first-order valence-corrected chi connectivity index (χ1v) is 8.55. The van der Waals surface area contributed by atoms with Crippen LogP contribution in [0.5, 0.6) is 0 Å². The molecule has 2 aliphatic heterocycles. The molecule has 0 aromatic heterocycles. The number of nitrogens with zero attached hydrogens (tertiary/aromatic N) is 1. The lowest BCUT2D eigenvalue weighted by molar-refractivity contribution is -0.135. The largest absolute Gasteiger partial charge is 0.349 e. The van der Waals surface area contributed by atoms with E-state index in [0.29, 0.717) is 49.4 Å². The van der Waals surface area contributed by atoms with Gasteiger partial charge in [0.05, 0.1) is 0 Å². The van der Waals surface area contributed by atoms with Crippen LogP contribution in [0.15, 0.2) is 24.3 Å². The first kappa shape index (κ1) is 16.8. The topological polar surface area (TPSA) is 78.5 Å².